The second-order valence-corrected chi connectivity index (χ2v) is 7.87. The topological polar surface area (TPSA) is 82.3 Å². The van der Waals surface area contributed by atoms with Crippen LogP contribution in [0, 0.1) is 11.3 Å². The zero-order valence-electron chi connectivity index (χ0n) is 18.2. The molecular weight excluding hydrogens is 390 g/mol. The molecule has 0 atom stereocenters. The molecule has 0 saturated heterocycles. The van der Waals surface area contributed by atoms with Gasteiger partial charge in [0.05, 0.1) is 18.3 Å². The lowest BCUT2D eigenvalue weighted by Crippen LogP contribution is -2.26. The molecular formula is C24H25N5O2. The van der Waals surface area contributed by atoms with Crippen molar-refractivity contribution in [3.63, 3.8) is 0 Å². The van der Waals surface area contributed by atoms with Crippen LogP contribution in [-0.4, -0.2) is 54.8 Å². The van der Waals surface area contributed by atoms with E-state index in [1.54, 1.807) is 38.2 Å². The normalized spacial score (nSPS) is 13.0. The van der Waals surface area contributed by atoms with Gasteiger partial charge in [-0.3, -0.25) is 4.79 Å². The molecule has 1 aliphatic rings. The number of nitrogens with zero attached hydrogens (tertiary/aromatic N) is 5. The molecule has 0 radical (unpaired) electrons. The third-order valence-corrected chi connectivity index (χ3v) is 5.62. The summed E-state index contributed by atoms with van der Waals surface area (Å²) in [5.41, 5.74) is 4.17. The molecule has 0 spiro atoms. The van der Waals surface area contributed by atoms with Crippen LogP contribution in [0.2, 0.25) is 0 Å². The van der Waals surface area contributed by atoms with E-state index in [0.29, 0.717) is 28.6 Å². The molecule has 0 N–H and O–H groups in total. The maximum Gasteiger partial charge on any atom is 0.253 e. The minimum Gasteiger partial charge on any atom is -0.496 e. The van der Waals surface area contributed by atoms with E-state index >= 15 is 0 Å². The molecule has 3 aromatic rings. The molecule has 4 rings (SSSR count). The van der Waals surface area contributed by atoms with Gasteiger partial charge in [-0.05, 0) is 55.7 Å². The number of rotatable bonds is 6. The standard InChI is InChI=1S/C24H25N5O2/c1-5-29(17-8-9-17)23-18-10-6-15(13-20(18)26-27-21(23)14-25)19-12-16(24(30)28(2)3)7-11-22(19)31-4/h6-7,10-13,17H,5,8-9H2,1-4H3. The molecule has 1 heterocycles. The number of carbonyl (C=O) groups is 1. The van der Waals surface area contributed by atoms with Crippen molar-refractivity contribution in [2.45, 2.75) is 25.8 Å². The first-order chi connectivity index (χ1) is 15.0. The Labute approximate surface area is 181 Å². The molecule has 0 aliphatic heterocycles. The Morgan fingerprint density at radius 2 is 1.97 bits per heavy atom. The predicted octanol–water partition coefficient (Wildman–Crippen LogP) is 3.87. The zero-order chi connectivity index (χ0) is 22.1. The van der Waals surface area contributed by atoms with Crippen LogP contribution in [-0.2, 0) is 0 Å². The average molecular weight is 415 g/mol. The van der Waals surface area contributed by atoms with Crippen LogP contribution in [0.25, 0.3) is 22.0 Å². The predicted molar refractivity (Wildman–Crippen MR) is 120 cm³/mol. The monoisotopic (exact) mass is 415 g/mol. The molecule has 2 aromatic carbocycles. The van der Waals surface area contributed by atoms with Gasteiger partial charge in [0.2, 0.25) is 0 Å². The molecule has 1 amide bonds. The maximum absolute atomic E-state index is 12.5. The Hall–Kier alpha value is -3.66. The molecule has 7 heteroatoms. The van der Waals surface area contributed by atoms with Crippen LogP contribution in [0.5, 0.6) is 5.75 Å². The molecule has 1 aromatic heterocycles. The SMILES string of the molecule is CCN(c1c(C#N)nnc2cc(-c3cc(C(=O)N(C)C)ccc3OC)ccc12)C1CC1. The molecule has 1 fully saturated rings. The fraction of sp³-hybridized carbons (Fsp3) is 0.333. The van der Waals surface area contributed by atoms with Gasteiger partial charge in [0.15, 0.2) is 5.69 Å². The van der Waals surface area contributed by atoms with E-state index in [1.165, 1.54) is 0 Å². The zero-order valence-corrected chi connectivity index (χ0v) is 18.2. The van der Waals surface area contributed by atoms with Crippen LogP contribution >= 0.6 is 0 Å². The van der Waals surface area contributed by atoms with E-state index in [2.05, 4.69) is 28.1 Å². The summed E-state index contributed by atoms with van der Waals surface area (Å²) < 4.78 is 5.55. The van der Waals surface area contributed by atoms with Crippen molar-refractivity contribution in [1.29, 1.82) is 5.26 Å². The molecule has 31 heavy (non-hydrogen) atoms. The first kappa shape index (κ1) is 20.6. The summed E-state index contributed by atoms with van der Waals surface area (Å²) in [6.07, 6.45) is 2.26. The highest BCUT2D eigenvalue weighted by Crippen LogP contribution is 2.39. The number of hydrogen-bond acceptors (Lipinski definition) is 6. The lowest BCUT2D eigenvalue weighted by Gasteiger charge is -2.24. The number of ether oxygens (including phenoxy) is 1. The summed E-state index contributed by atoms with van der Waals surface area (Å²) in [4.78, 5) is 16.3. The van der Waals surface area contributed by atoms with Gasteiger partial charge in [0.1, 0.15) is 11.8 Å². The van der Waals surface area contributed by atoms with Crippen molar-refractivity contribution >= 4 is 22.5 Å². The largest absolute Gasteiger partial charge is 0.496 e. The van der Waals surface area contributed by atoms with E-state index in [4.69, 9.17) is 4.74 Å². The van der Waals surface area contributed by atoms with Crippen molar-refractivity contribution in [1.82, 2.24) is 15.1 Å². The maximum atomic E-state index is 12.5. The number of anilines is 1. The first-order valence-electron chi connectivity index (χ1n) is 10.4. The third-order valence-electron chi connectivity index (χ3n) is 5.62. The molecule has 0 unspecified atom stereocenters. The summed E-state index contributed by atoms with van der Waals surface area (Å²) in [6.45, 7) is 2.91. The molecule has 158 valence electrons. The second-order valence-electron chi connectivity index (χ2n) is 7.87. The number of amides is 1. The van der Waals surface area contributed by atoms with Gasteiger partial charge in [-0.2, -0.15) is 5.26 Å². The van der Waals surface area contributed by atoms with E-state index in [9.17, 15) is 10.1 Å². The van der Waals surface area contributed by atoms with Crippen LogP contribution in [0.1, 0.15) is 35.8 Å². The van der Waals surface area contributed by atoms with Crippen LogP contribution < -0.4 is 9.64 Å². The molecule has 1 aliphatic carbocycles. The number of methoxy groups -OCH3 is 1. The summed E-state index contributed by atoms with van der Waals surface area (Å²) in [7, 11) is 5.07. The fourth-order valence-electron chi connectivity index (χ4n) is 3.94. The smallest absolute Gasteiger partial charge is 0.253 e. The quantitative estimate of drug-likeness (QED) is 0.608. The van der Waals surface area contributed by atoms with E-state index in [1.807, 2.05) is 24.3 Å². The second kappa shape index (κ2) is 8.23. The number of nitriles is 1. The van der Waals surface area contributed by atoms with Gasteiger partial charge in [0, 0.05) is 43.2 Å². The van der Waals surface area contributed by atoms with Gasteiger partial charge in [-0.25, -0.2) is 0 Å². The summed E-state index contributed by atoms with van der Waals surface area (Å²) in [5, 5.41) is 19.1. The molecule has 0 bridgehead atoms. The molecule has 1 saturated carbocycles. The highest BCUT2D eigenvalue weighted by molar-refractivity contribution is 5.98. The Morgan fingerprint density at radius 1 is 1.19 bits per heavy atom. The highest BCUT2D eigenvalue weighted by Gasteiger charge is 2.31. The van der Waals surface area contributed by atoms with Crippen LogP contribution in [0.15, 0.2) is 36.4 Å². The average Bonchev–Trinajstić information content (AvgIpc) is 3.63. The Morgan fingerprint density at radius 3 is 2.58 bits per heavy atom. The lowest BCUT2D eigenvalue weighted by atomic mass is 9.99. The third kappa shape index (κ3) is 3.77. The highest BCUT2D eigenvalue weighted by atomic mass is 16.5. The Bertz CT molecular complexity index is 1190. The Balaban J connectivity index is 1.87. The van der Waals surface area contributed by atoms with Crippen molar-refractivity contribution in [3.8, 4) is 22.9 Å². The minimum atomic E-state index is -0.0755. The number of fused-ring (bicyclic) bond motifs is 1. The van der Waals surface area contributed by atoms with Crippen LogP contribution in [0.3, 0.4) is 0 Å². The number of benzene rings is 2. The van der Waals surface area contributed by atoms with Gasteiger partial charge in [-0.15, -0.1) is 10.2 Å². The first-order valence-corrected chi connectivity index (χ1v) is 10.4. The van der Waals surface area contributed by atoms with Crippen molar-refractivity contribution in [2.24, 2.45) is 0 Å². The Kier molecular flexibility index (Phi) is 5.47. The van der Waals surface area contributed by atoms with E-state index < -0.39 is 0 Å². The van der Waals surface area contributed by atoms with E-state index in [-0.39, 0.29) is 5.91 Å². The summed E-state index contributed by atoms with van der Waals surface area (Å²) in [6, 6.07) is 14.0. The summed E-state index contributed by atoms with van der Waals surface area (Å²) in [5.74, 6) is 0.595. The van der Waals surface area contributed by atoms with Gasteiger partial charge >= 0.3 is 0 Å². The lowest BCUT2D eigenvalue weighted by molar-refractivity contribution is 0.0827. The van der Waals surface area contributed by atoms with Crippen molar-refractivity contribution < 1.29 is 9.53 Å². The van der Waals surface area contributed by atoms with Crippen LogP contribution in [0.4, 0.5) is 5.69 Å². The number of aromatic nitrogens is 2. The van der Waals surface area contributed by atoms with Gasteiger partial charge < -0.3 is 14.5 Å². The van der Waals surface area contributed by atoms with Gasteiger partial charge in [0.25, 0.3) is 5.91 Å². The van der Waals surface area contributed by atoms with Crippen molar-refractivity contribution in [3.05, 3.63) is 47.7 Å². The van der Waals surface area contributed by atoms with E-state index in [0.717, 1.165) is 41.6 Å². The fourth-order valence-corrected chi connectivity index (χ4v) is 3.94. The van der Waals surface area contributed by atoms with Crippen molar-refractivity contribution in [2.75, 3.05) is 32.6 Å². The van der Waals surface area contributed by atoms with Gasteiger partial charge in [-0.1, -0.05) is 6.07 Å². The molecule has 7 nitrogen and oxygen atoms in total. The number of carbonyl (C=O) groups excluding carboxylic acids is 1. The number of hydrogen-bond donors (Lipinski definition) is 0. The summed E-state index contributed by atoms with van der Waals surface area (Å²) >= 11 is 0. The minimum absolute atomic E-state index is 0.0755.